The van der Waals surface area contributed by atoms with Crippen molar-refractivity contribution in [3.8, 4) is 0 Å². The quantitative estimate of drug-likeness (QED) is 0.676. The van der Waals surface area contributed by atoms with Crippen LogP contribution in [0.3, 0.4) is 0 Å². The Kier molecular flexibility index (Phi) is 3.91. The van der Waals surface area contributed by atoms with Gasteiger partial charge in [-0.25, -0.2) is 9.78 Å². The fourth-order valence-electron chi connectivity index (χ4n) is 1.90. The molecule has 0 radical (unpaired) electrons. The van der Waals surface area contributed by atoms with Crippen LogP contribution in [-0.4, -0.2) is 28.0 Å². The fraction of sp³-hybridized carbons (Fsp3) is 0.308. The molecule has 2 unspecified atom stereocenters. The van der Waals surface area contributed by atoms with Crippen LogP contribution in [-0.2, 0) is 11.3 Å². The second-order valence-corrected chi connectivity index (χ2v) is 4.47. The van der Waals surface area contributed by atoms with Gasteiger partial charge in [-0.3, -0.25) is 4.79 Å². The standard InChI is InChI=1S/C13H15N3O3/c14-10-3-2-9(5-10)12(17)16-7-8-1-4-11(13(18)19)15-6-8/h1-4,6,9-10H,5,7,14H2,(H,16,17)(H,18,19). The van der Waals surface area contributed by atoms with Crippen LogP contribution in [0, 0.1) is 5.92 Å². The van der Waals surface area contributed by atoms with Crippen LogP contribution in [0.15, 0.2) is 30.5 Å². The molecule has 0 saturated carbocycles. The Balaban J connectivity index is 1.87. The molecule has 19 heavy (non-hydrogen) atoms. The minimum atomic E-state index is -1.07. The van der Waals surface area contributed by atoms with E-state index in [0.29, 0.717) is 13.0 Å². The summed E-state index contributed by atoms with van der Waals surface area (Å²) in [4.78, 5) is 26.2. The summed E-state index contributed by atoms with van der Waals surface area (Å²) in [6.07, 6.45) is 5.71. The van der Waals surface area contributed by atoms with Gasteiger partial charge >= 0.3 is 5.97 Å². The molecule has 0 aromatic carbocycles. The summed E-state index contributed by atoms with van der Waals surface area (Å²) < 4.78 is 0. The van der Waals surface area contributed by atoms with Crippen LogP contribution in [0.25, 0.3) is 0 Å². The number of carboxylic acids is 1. The number of nitrogens with zero attached hydrogens (tertiary/aromatic N) is 1. The average Bonchev–Trinajstić information content (AvgIpc) is 2.83. The first kappa shape index (κ1) is 13.2. The van der Waals surface area contributed by atoms with Gasteiger partial charge in [-0.2, -0.15) is 0 Å². The molecule has 1 amide bonds. The minimum absolute atomic E-state index is 0.0141. The van der Waals surface area contributed by atoms with E-state index in [4.69, 9.17) is 10.8 Å². The summed E-state index contributed by atoms with van der Waals surface area (Å²) in [6, 6.07) is 2.99. The number of amides is 1. The second-order valence-electron chi connectivity index (χ2n) is 4.47. The minimum Gasteiger partial charge on any atom is -0.477 e. The maximum absolute atomic E-state index is 11.8. The molecule has 1 aliphatic rings. The highest BCUT2D eigenvalue weighted by molar-refractivity contribution is 5.85. The Bertz CT molecular complexity index is 510. The van der Waals surface area contributed by atoms with Gasteiger partial charge in [0.1, 0.15) is 5.69 Å². The number of carbonyl (C=O) groups is 2. The summed E-state index contributed by atoms with van der Waals surface area (Å²) in [7, 11) is 0. The molecule has 0 bridgehead atoms. The summed E-state index contributed by atoms with van der Waals surface area (Å²) in [5, 5.41) is 11.5. The van der Waals surface area contributed by atoms with Crippen molar-refractivity contribution in [1.82, 2.24) is 10.3 Å². The van der Waals surface area contributed by atoms with Crippen LogP contribution >= 0.6 is 0 Å². The number of pyridine rings is 1. The van der Waals surface area contributed by atoms with Crippen molar-refractivity contribution in [3.63, 3.8) is 0 Å². The maximum Gasteiger partial charge on any atom is 0.354 e. The summed E-state index contributed by atoms with van der Waals surface area (Å²) in [6.45, 7) is 0.325. The highest BCUT2D eigenvalue weighted by Crippen LogP contribution is 2.16. The molecule has 2 atom stereocenters. The van der Waals surface area contributed by atoms with E-state index in [1.165, 1.54) is 12.3 Å². The third kappa shape index (κ3) is 3.38. The topological polar surface area (TPSA) is 105 Å². The van der Waals surface area contributed by atoms with Crippen molar-refractivity contribution in [2.45, 2.75) is 19.0 Å². The van der Waals surface area contributed by atoms with Crippen molar-refractivity contribution in [1.29, 1.82) is 0 Å². The zero-order chi connectivity index (χ0) is 13.8. The number of carboxylic acid groups (broad SMARTS) is 1. The number of carbonyl (C=O) groups excluding carboxylic acids is 1. The van der Waals surface area contributed by atoms with Crippen molar-refractivity contribution in [2.24, 2.45) is 11.7 Å². The van der Waals surface area contributed by atoms with Crippen LogP contribution in [0.2, 0.25) is 0 Å². The van der Waals surface area contributed by atoms with Gasteiger partial charge in [0.05, 0.1) is 5.92 Å². The second kappa shape index (κ2) is 5.62. The van der Waals surface area contributed by atoms with Gasteiger partial charge in [0, 0.05) is 18.8 Å². The van der Waals surface area contributed by atoms with E-state index >= 15 is 0 Å². The number of rotatable bonds is 4. The van der Waals surface area contributed by atoms with E-state index in [-0.39, 0.29) is 23.6 Å². The zero-order valence-electron chi connectivity index (χ0n) is 10.2. The number of nitrogens with one attached hydrogen (secondary N) is 1. The SMILES string of the molecule is NC1C=CC(C(=O)NCc2ccc(C(=O)O)nc2)C1. The van der Waals surface area contributed by atoms with E-state index < -0.39 is 5.97 Å². The number of hydrogen-bond acceptors (Lipinski definition) is 4. The third-order valence-corrected chi connectivity index (χ3v) is 2.96. The Labute approximate surface area is 110 Å². The van der Waals surface area contributed by atoms with Crippen molar-refractivity contribution >= 4 is 11.9 Å². The van der Waals surface area contributed by atoms with Gasteiger partial charge in [-0.05, 0) is 18.1 Å². The molecule has 0 spiro atoms. The van der Waals surface area contributed by atoms with Gasteiger partial charge in [0.15, 0.2) is 0 Å². The first-order valence-electron chi connectivity index (χ1n) is 5.96. The molecular weight excluding hydrogens is 246 g/mol. The van der Waals surface area contributed by atoms with Crippen LogP contribution in [0.1, 0.15) is 22.5 Å². The van der Waals surface area contributed by atoms with Gasteiger partial charge in [-0.15, -0.1) is 0 Å². The molecule has 100 valence electrons. The number of nitrogens with two attached hydrogens (primary N) is 1. The number of aromatic nitrogens is 1. The van der Waals surface area contributed by atoms with Crippen LogP contribution in [0.4, 0.5) is 0 Å². The van der Waals surface area contributed by atoms with Crippen LogP contribution < -0.4 is 11.1 Å². The molecule has 6 heteroatoms. The molecule has 1 aromatic rings. The average molecular weight is 261 g/mol. The normalized spacial score (nSPS) is 21.3. The lowest BCUT2D eigenvalue weighted by Crippen LogP contribution is -2.30. The Hall–Kier alpha value is -2.21. The molecule has 4 N–H and O–H groups in total. The monoisotopic (exact) mass is 261 g/mol. The summed E-state index contributed by atoms with van der Waals surface area (Å²) in [5.74, 6) is -1.33. The zero-order valence-corrected chi connectivity index (χ0v) is 10.2. The first-order valence-corrected chi connectivity index (χ1v) is 5.96. The van der Waals surface area contributed by atoms with E-state index in [9.17, 15) is 9.59 Å². The van der Waals surface area contributed by atoms with E-state index in [2.05, 4.69) is 10.3 Å². The van der Waals surface area contributed by atoms with Crippen molar-refractivity contribution < 1.29 is 14.7 Å². The van der Waals surface area contributed by atoms with Gasteiger partial charge < -0.3 is 16.2 Å². The predicted octanol–water partition coefficient (Wildman–Crippen LogP) is 0.299. The number of hydrogen-bond donors (Lipinski definition) is 3. The highest BCUT2D eigenvalue weighted by atomic mass is 16.4. The predicted molar refractivity (Wildman–Crippen MR) is 68.3 cm³/mol. The maximum atomic E-state index is 11.8. The largest absolute Gasteiger partial charge is 0.477 e. The molecule has 2 rings (SSSR count). The lowest BCUT2D eigenvalue weighted by Gasteiger charge is -2.10. The van der Waals surface area contributed by atoms with Crippen molar-refractivity contribution in [3.05, 3.63) is 41.7 Å². The third-order valence-electron chi connectivity index (χ3n) is 2.96. The molecular formula is C13H15N3O3. The summed E-state index contributed by atoms with van der Waals surface area (Å²) in [5.41, 5.74) is 6.42. The molecule has 0 aliphatic heterocycles. The van der Waals surface area contributed by atoms with E-state index in [1.807, 2.05) is 12.2 Å². The molecule has 1 aromatic heterocycles. The fourth-order valence-corrected chi connectivity index (χ4v) is 1.90. The van der Waals surface area contributed by atoms with E-state index in [1.54, 1.807) is 6.07 Å². The molecule has 0 fully saturated rings. The molecule has 6 nitrogen and oxygen atoms in total. The van der Waals surface area contributed by atoms with Gasteiger partial charge in [0.2, 0.25) is 5.91 Å². The molecule has 0 saturated heterocycles. The van der Waals surface area contributed by atoms with Crippen LogP contribution in [0.5, 0.6) is 0 Å². The smallest absolute Gasteiger partial charge is 0.354 e. The lowest BCUT2D eigenvalue weighted by molar-refractivity contribution is -0.123. The molecule has 1 aliphatic carbocycles. The lowest BCUT2D eigenvalue weighted by atomic mass is 10.1. The van der Waals surface area contributed by atoms with Gasteiger partial charge in [0.25, 0.3) is 0 Å². The Morgan fingerprint density at radius 2 is 2.21 bits per heavy atom. The Morgan fingerprint density at radius 1 is 1.42 bits per heavy atom. The van der Waals surface area contributed by atoms with E-state index in [0.717, 1.165) is 5.56 Å². The Morgan fingerprint density at radius 3 is 2.74 bits per heavy atom. The number of aromatic carboxylic acids is 1. The van der Waals surface area contributed by atoms with Crippen molar-refractivity contribution in [2.75, 3.05) is 0 Å². The molecule has 1 heterocycles. The highest BCUT2D eigenvalue weighted by Gasteiger charge is 2.22. The van der Waals surface area contributed by atoms with Gasteiger partial charge in [-0.1, -0.05) is 18.2 Å². The first-order chi connectivity index (χ1) is 9.06. The summed E-state index contributed by atoms with van der Waals surface area (Å²) >= 11 is 0.